The van der Waals surface area contributed by atoms with Crippen LogP contribution >= 0.6 is 11.3 Å². The molecule has 23 heavy (non-hydrogen) atoms. The number of rotatable bonds is 3. The van der Waals surface area contributed by atoms with E-state index in [1.807, 2.05) is 13.1 Å². The molecule has 0 unspecified atom stereocenters. The predicted octanol–water partition coefficient (Wildman–Crippen LogP) is 3.18. The SMILES string of the molecule is Cc1nccc([C@H]2CCCN(Cc3c(C)nc4sccn34)C2)n1. The number of piperidine rings is 1. The van der Waals surface area contributed by atoms with Crippen LogP contribution in [-0.2, 0) is 6.54 Å². The molecule has 4 rings (SSSR count). The van der Waals surface area contributed by atoms with Gasteiger partial charge in [0.05, 0.1) is 11.4 Å². The van der Waals surface area contributed by atoms with Gasteiger partial charge >= 0.3 is 0 Å². The highest BCUT2D eigenvalue weighted by atomic mass is 32.1. The van der Waals surface area contributed by atoms with Crippen molar-refractivity contribution in [1.82, 2.24) is 24.3 Å². The normalized spacial score (nSPS) is 19.5. The Balaban J connectivity index is 1.53. The van der Waals surface area contributed by atoms with Gasteiger partial charge in [-0.3, -0.25) is 9.30 Å². The molecule has 120 valence electrons. The highest BCUT2D eigenvalue weighted by molar-refractivity contribution is 7.15. The summed E-state index contributed by atoms with van der Waals surface area (Å²) in [6.07, 6.45) is 6.45. The maximum atomic E-state index is 4.66. The zero-order valence-electron chi connectivity index (χ0n) is 13.6. The molecule has 0 amide bonds. The first-order chi connectivity index (χ1) is 11.2. The maximum absolute atomic E-state index is 4.66. The fourth-order valence-corrected chi connectivity index (χ4v) is 4.26. The number of imidazole rings is 1. The first kappa shape index (κ1) is 14.8. The van der Waals surface area contributed by atoms with Gasteiger partial charge in [0.1, 0.15) is 5.82 Å². The monoisotopic (exact) mass is 327 g/mol. The molecule has 6 heteroatoms. The Labute approximate surface area is 140 Å². The van der Waals surface area contributed by atoms with E-state index < -0.39 is 0 Å². The number of thiazole rings is 1. The van der Waals surface area contributed by atoms with Gasteiger partial charge in [0.15, 0.2) is 4.96 Å². The van der Waals surface area contributed by atoms with Gasteiger partial charge in [-0.05, 0) is 39.3 Å². The largest absolute Gasteiger partial charge is 0.297 e. The molecule has 1 atom stereocenters. The molecule has 1 aliphatic rings. The second kappa shape index (κ2) is 6.02. The van der Waals surface area contributed by atoms with Crippen molar-refractivity contribution in [3.05, 3.63) is 46.7 Å². The molecule has 4 heterocycles. The summed E-state index contributed by atoms with van der Waals surface area (Å²) in [4.78, 5) is 17.2. The Morgan fingerprint density at radius 1 is 1.30 bits per heavy atom. The average Bonchev–Trinajstić information content (AvgIpc) is 3.11. The molecule has 0 N–H and O–H groups in total. The Kier molecular flexibility index (Phi) is 3.87. The predicted molar refractivity (Wildman–Crippen MR) is 91.8 cm³/mol. The van der Waals surface area contributed by atoms with Crippen LogP contribution in [0.3, 0.4) is 0 Å². The third-order valence-electron chi connectivity index (χ3n) is 4.66. The minimum atomic E-state index is 0.511. The van der Waals surface area contributed by atoms with Crippen molar-refractivity contribution in [3.63, 3.8) is 0 Å². The molecule has 0 saturated carbocycles. The van der Waals surface area contributed by atoms with E-state index in [1.54, 1.807) is 11.3 Å². The van der Waals surface area contributed by atoms with Crippen molar-refractivity contribution >= 4 is 16.3 Å². The van der Waals surface area contributed by atoms with Gasteiger partial charge in [-0.2, -0.15) is 0 Å². The highest BCUT2D eigenvalue weighted by Crippen LogP contribution is 2.27. The topological polar surface area (TPSA) is 46.3 Å². The Morgan fingerprint density at radius 3 is 3.09 bits per heavy atom. The lowest BCUT2D eigenvalue weighted by atomic mass is 9.94. The minimum Gasteiger partial charge on any atom is -0.297 e. The van der Waals surface area contributed by atoms with Gasteiger partial charge in [-0.25, -0.2) is 15.0 Å². The highest BCUT2D eigenvalue weighted by Gasteiger charge is 2.24. The van der Waals surface area contributed by atoms with Crippen LogP contribution < -0.4 is 0 Å². The number of hydrogen-bond acceptors (Lipinski definition) is 5. The molecule has 0 aromatic carbocycles. The summed E-state index contributed by atoms with van der Waals surface area (Å²) in [6, 6.07) is 2.07. The van der Waals surface area contributed by atoms with Crippen molar-refractivity contribution in [2.75, 3.05) is 13.1 Å². The van der Waals surface area contributed by atoms with E-state index in [-0.39, 0.29) is 0 Å². The maximum Gasteiger partial charge on any atom is 0.194 e. The number of nitrogens with zero attached hydrogens (tertiary/aromatic N) is 5. The lowest BCUT2D eigenvalue weighted by Crippen LogP contribution is -2.34. The molecular formula is C17H21N5S. The van der Waals surface area contributed by atoms with Crippen LogP contribution in [-0.4, -0.2) is 37.3 Å². The van der Waals surface area contributed by atoms with Crippen LogP contribution in [0, 0.1) is 13.8 Å². The third-order valence-corrected chi connectivity index (χ3v) is 5.41. The molecule has 1 fully saturated rings. The molecule has 0 aliphatic carbocycles. The zero-order valence-corrected chi connectivity index (χ0v) is 14.4. The van der Waals surface area contributed by atoms with E-state index in [1.165, 1.54) is 24.2 Å². The zero-order chi connectivity index (χ0) is 15.8. The second-order valence-electron chi connectivity index (χ2n) is 6.30. The van der Waals surface area contributed by atoms with E-state index in [4.69, 9.17) is 0 Å². The molecule has 1 saturated heterocycles. The molecule has 1 aliphatic heterocycles. The van der Waals surface area contributed by atoms with Crippen molar-refractivity contribution in [3.8, 4) is 0 Å². The first-order valence-electron chi connectivity index (χ1n) is 8.13. The quantitative estimate of drug-likeness (QED) is 0.741. The Bertz CT molecular complexity index is 821. The van der Waals surface area contributed by atoms with Crippen molar-refractivity contribution in [1.29, 1.82) is 0 Å². The standard InChI is InChI=1S/C17H21N5S/c1-12-16(22-8-9-23-17(22)19-12)11-21-7-3-4-14(10-21)15-5-6-18-13(2)20-15/h5-6,8-9,14H,3-4,7,10-11H2,1-2H3/t14-/m0/s1. The lowest BCUT2D eigenvalue weighted by molar-refractivity contribution is 0.195. The van der Waals surface area contributed by atoms with Crippen LogP contribution in [0.4, 0.5) is 0 Å². The molecular weight excluding hydrogens is 306 g/mol. The molecule has 0 spiro atoms. The second-order valence-corrected chi connectivity index (χ2v) is 7.18. The van der Waals surface area contributed by atoms with Gasteiger partial charge in [0, 0.05) is 42.5 Å². The van der Waals surface area contributed by atoms with E-state index in [9.17, 15) is 0 Å². The van der Waals surface area contributed by atoms with Gasteiger partial charge in [0.25, 0.3) is 0 Å². The van der Waals surface area contributed by atoms with Crippen LogP contribution in [0.5, 0.6) is 0 Å². The molecule has 5 nitrogen and oxygen atoms in total. The number of fused-ring (bicyclic) bond motifs is 1. The summed E-state index contributed by atoms with van der Waals surface area (Å²) >= 11 is 1.70. The van der Waals surface area contributed by atoms with E-state index in [2.05, 4.69) is 48.8 Å². The van der Waals surface area contributed by atoms with E-state index in [0.29, 0.717) is 5.92 Å². The van der Waals surface area contributed by atoms with Crippen molar-refractivity contribution in [2.24, 2.45) is 0 Å². The van der Waals surface area contributed by atoms with Gasteiger partial charge in [-0.1, -0.05) is 0 Å². The van der Waals surface area contributed by atoms with Gasteiger partial charge in [0.2, 0.25) is 0 Å². The first-order valence-corrected chi connectivity index (χ1v) is 9.01. The summed E-state index contributed by atoms with van der Waals surface area (Å²) in [7, 11) is 0. The fourth-order valence-electron chi connectivity index (χ4n) is 3.49. The fraction of sp³-hybridized carbons (Fsp3) is 0.471. The van der Waals surface area contributed by atoms with Crippen molar-refractivity contribution in [2.45, 2.75) is 39.2 Å². The number of aryl methyl sites for hydroxylation is 2. The third kappa shape index (κ3) is 2.88. The van der Waals surface area contributed by atoms with Crippen LogP contribution in [0.15, 0.2) is 23.8 Å². The lowest BCUT2D eigenvalue weighted by Gasteiger charge is -2.32. The molecule has 3 aromatic rings. The smallest absolute Gasteiger partial charge is 0.194 e. The van der Waals surface area contributed by atoms with Crippen LogP contribution in [0.2, 0.25) is 0 Å². The number of hydrogen-bond donors (Lipinski definition) is 0. The summed E-state index contributed by atoms with van der Waals surface area (Å²) in [6.45, 7) is 7.26. The van der Waals surface area contributed by atoms with Gasteiger partial charge < -0.3 is 0 Å². The minimum absolute atomic E-state index is 0.511. The molecule has 3 aromatic heterocycles. The molecule has 0 radical (unpaired) electrons. The summed E-state index contributed by atoms with van der Waals surface area (Å²) in [5, 5.41) is 2.11. The summed E-state index contributed by atoms with van der Waals surface area (Å²) in [5.74, 6) is 1.38. The van der Waals surface area contributed by atoms with Crippen LogP contribution in [0.25, 0.3) is 4.96 Å². The molecule has 0 bridgehead atoms. The number of likely N-dealkylation sites (tertiary alicyclic amines) is 1. The summed E-state index contributed by atoms with van der Waals surface area (Å²) in [5.41, 5.74) is 3.66. The average molecular weight is 327 g/mol. The van der Waals surface area contributed by atoms with Gasteiger partial charge in [-0.15, -0.1) is 11.3 Å². The Hall–Kier alpha value is -1.79. The Morgan fingerprint density at radius 2 is 2.22 bits per heavy atom. The van der Waals surface area contributed by atoms with E-state index in [0.717, 1.165) is 36.1 Å². The number of aromatic nitrogens is 4. The van der Waals surface area contributed by atoms with E-state index >= 15 is 0 Å². The van der Waals surface area contributed by atoms with Crippen molar-refractivity contribution < 1.29 is 0 Å². The summed E-state index contributed by atoms with van der Waals surface area (Å²) < 4.78 is 2.23. The van der Waals surface area contributed by atoms with Crippen LogP contribution in [0.1, 0.15) is 41.7 Å².